The number of anilines is 1. The van der Waals surface area contributed by atoms with Crippen LogP contribution < -0.4 is 10.2 Å². The Hall–Kier alpha value is -3.81. The van der Waals surface area contributed by atoms with Crippen molar-refractivity contribution in [3.05, 3.63) is 66.4 Å². The number of aromatic nitrogens is 3. The first kappa shape index (κ1) is 17.0. The van der Waals surface area contributed by atoms with Crippen molar-refractivity contribution < 1.29 is 14.6 Å². The Morgan fingerprint density at radius 2 is 1.92 bits per heavy atom. The molecule has 0 aliphatic carbocycles. The lowest BCUT2D eigenvalue weighted by molar-refractivity contribution is -0.139. The monoisotopic (exact) mass is 349 g/mol. The Kier molecular flexibility index (Phi) is 5.46. The van der Waals surface area contributed by atoms with Gasteiger partial charge in [-0.25, -0.2) is 15.2 Å². The average molecular weight is 349 g/mol. The van der Waals surface area contributed by atoms with Crippen LogP contribution in [-0.2, 0) is 4.79 Å². The van der Waals surface area contributed by atoms with Gasteiger partial charge in [-0.05, 0) is 12.1 Å². The zero-order chi connectivity index (χ0) is 18.2. The first-order valence-electron chi connectivity index (χ1n) is 7.70. The van der Waals surface area contributed by atoms with Crippen LogP contribution in [0.5, 0.6) is 5.75 Å². The molecular weight excluding hydrogens is 334 g/mol. The van der Waals surface area contributed by atoms with Crippen LogP contribution in [0.3, 0.4) is 0 Å². The average Bonchev–Trinajstić information content (AvgIpc) is 2.68. The molecule has 0 spiro atoms. The van der Waals surface area contributed by atoms with Gasteiger partial charge >= 0.3 is 5.97 Å². The number of ether oxygens (including phenoxy) is 1. The van der Waals surface area contributed by atoms with Gasteiger partial charge < -0.3 is 9.84 Å². The standard InChI is InChI=1S/C18H15N5O3/c24-17(25)12-26-16-9-5-4-8-14(16)10-19-22-18-21-15(11-20-23-18)13-6-2-1-3-7-13/h1-11H,12H2,(H,24,25)(H,21,22,23). The molecule has 0 aliphatic rings. The maximum atomic E-state index is 10.6. The second-order valence-electron chi connectivity index (χ2n) is 5.12. The Balaban J connectivity index is 1.71. The number of nitrogens with zero attached hydrogens (tertiary/aromatic N) is 4. The van der Waals surface area contributed by atoms with Crippen LogP contribution in [-0.4, -0.2) is 39.1 Å². The fourth-order valence-corrected chi connectivity index (χ4v) is 2.12. The molecule has 0 fully saturated rings. The maximum absolute atomic E-state index is 10.6. The van der Waals surface area contributed by atoms with Gasteiger partial charge in [0.2, 0.25) is 0 Å². The molecule has 0 aliphatic heterocycles. The molecule has 8 heteroatoms. The minimum Gasteiger partial charge on any atom is -0.481 e. The molecule has 0 radical (unpaired) electrons. The number of benzene rings is 2. The van der Waals surface area contributed by atoms with E-state index >= 15 is 0 Å². The third-order valence-corrected chi connectivity index (χ3v) is 3.27. The van der Waals surface area contributed by atoms with E-state index in [0.29, 0.717) is 17.0 Å². The third-order valence-electron chi connectivity index (χ3n) is 3.27. The first-order valence-corrected chi connectivity index (χ1v) is 7.70. The summed E-state index contributed by atoms with van der Waals surface area (Å²) < 4.78 is 5.22. The number of carboxylic acids is 1. The highest BCUT2D eigenvalue weighted by atomic mass is 16.5. The van der Waals surface area contributed by atoms with E-state index in [1.807, 2.05) is 30.3 Å². The molecule has 2 aromatic carbocycles. The van der Waals surface area contributed by atoms with Crippen LogP contribution in [0, 0.1) is 0 Å². The van der Waals surface area contributed by atoms with E-state index < -0.39 is 12.6 Å². The molecule has 130 valence electrons. The number of rotatable bonds is 7. The van der Waals surface area contributed by atoms with Crippen molar-refractivity contribution in [1.82, 2.24) is 15.2 Å². The zero-order valence-corrected chi connectivity index (χ0v) is 13.6. The summed E-state index contributed by atoms with van der Waals surface area (Å²) in [5, 5.41) is 20.6. The van der Waals surface area contributed by atoms with Gasteiger partial charge in [-0.3, -0.25) is 0 Å². The van der Waals surface area contributed by atoms with Gasteiger partial charge in [0, 0.05) is 11.1 Å². The molecule has 0 amide bonds. The SMILES string of the molecule is O=C(O)COc1ccccc1C=NNc1nncc(-c2ccccc2)n1. The molecule has 2 N–H and O–H groups in total. The van der Waals surface area contributed by atoms with E-state index in [-0.39, 0.29) is 5.95 Å². The number of hydrogen-bond donors (Lipinski definition) is 2. The number of nitrogens with one attached hydrogen (secondary N) is 1. The highest BCUT2D eigenvalue weighted by molar-refractivity contribution is 5.84. The molecule has 0 saturated heterocycles. The molecule has 1 heterocycles. The number of carboxylic acid groups (broad SMARTS) is 1. The predicted octanol–water partition coefficient (Wildman–Crippen LogP) is 2.45. The molecule has 1 aromatic heterocycles. The van der Waals surface area contributed by atoms with Crippen molar-refractivity contribution >= 4 is 18.1 Å². The quantitative estimate of drug-likeness (QED) is 0.498. The summed E-state index contributed by atoms with van der Waals surface area (Å²) in [7, 11) is 0. The zero-order valence-electron chi connectivity index (χ0n) is 13.6. The van der Waals surface area contributed by atoms with E-state index in [1.165, 1.54) is 6.21 Å². The third kappa shape index (κ3) is 4.60. The van der Waals surface area contributed by atoms with Crippen molar-refractivity contribution in [1.29, 1.82) is 0 Å². The predicted molar refractivity (Wildman–Crippen MR) is 96.1 cm³/mol. The van der Waals surface area contributed by atoms with Gasteiger partial charge in [0.25, 0.3) is 5.95 Å². The molecule has 8 nitrogen and oxygen atoms in total. The summed E-state index contributed by atoms with van der Waals surface area (Å²) in [5.41, 5.74) is 4.92. The lowest BCUT2D eigenvalue weighted by Crippen LogP contribution is -2.10. The molecule has 26 heavy (non-hydrogen) atoms. The summed E-state index contributed by atoms with van der Waals surface area (Å²) in [6.45, 7) is -0.426. The van der Waals surface area contributed by atoms with Crippen molar-refractivity contribution in [2.24, 2.45) is 5.10 Å². The summed E-state index contributed by atoms with van der Waals surface area (Å²) in [6, 6.07) is 16.6. The lowest BCUT2D eigenvalue weighted by atomic mass is 10.2. The smallest absolute Gasteiger partial charge is 0.341 e. The van der Waals surface area contributed by atoms with Crippen molar-refractivity contribution in [3.63, 3.8) is 0 Å². The second-order valence-corrected chi connectivity index (χ2v) is 5.12. The largest absolute Gasteiger partial charge is 0.481 e. The maximum Gasteiger partial charge on any atom is 0.341 e. The van der Waals surface area contributed by atoms with E-state index in [2.05, 4.69) is 25.7 Å². The van der Waals surface area contributed by atoms with Gasteiger partial charge in [0.15, 0.2) is 6.61 Å². The van der Waals surface area contributed by atoms with Crippen LogP contribution >= 0.6 is 0 Å². The lowest BCUT2D eigenvalue weighted by Gasteiger charge is -2.06. The summed E-state index contributed by atoms with van der Waals surface area (Å²) in [5.74, 6) is -0.392. The molecule has 0 unspecified atom stereocenters. The highest BCUT2D eigenvalue weighted by Gasteiger charge is 2.04. The van der Waals surface area contributed by atoms with Gasteiger partial charge in [0.1, 0.15) is 5.75 Å². The normalized spacial score (nSPS) is 10.6. The minimum absolute atomic E-state index is 0.242. The fourth-order valence-electron chi connectivity index (χ4n) is 2.12. The van der Waals surface area contributed by atoms with E-state index in [9.17, 15) is 4.79 Å². The molecule has 0 atom stereocenters. The highest BCUT2D eigenvalue weighted by Crippen LogP contribution is 2.17. The van der Waals surface area contributed by atoms with Crippen molar-refractivity contribution in [2.75, 3.05) is 12.0 Å². The minimum atomic E-state index is -1.05. The molecular formula is C18H15N5O3. The first-order chi connectivity index (χ1) is 12.7. The Bertz CT molecular complexity index is 915. The van der Waals surface area contributed by atoms with Gasteiger partial charge in [-0.2, -0.15) is 10.2 Å². The number of hydrogen-bond acceptors (Lipinski definition) is 7. The number of carbonyl (C=O) groups is 1. The molecule has 0 saturated carbocycles. The van der Waals surface area contributed by atoms with Crippen LogP contribution in [0.1, 0.15) is 5.56 Å². The van der Waals surface area contributed by atoms with Crippen LogP contribution in [0.25, 0.3) is 11.3 Å². The molecule has 3 rings (SSSR count). The van der Waals surface area contributed by atoms with E-state index in [0.717, 1.165) is 5.56 Å². The van der Waals surface area contributed by atoms with Crippen LogP contribution in [0.2, 0.25) is 0 Å². The van der Waals surface area contributed by atoms with Crippen LogP contribution in [0.4, 0.5) is 5.95 Å². The summed E-state index contributed by atoms with van der Waals surface area (Å²) in [6.07, 6.45) is 3.06. The summed E-state index contributed by atoms with van der Waals surface area (Å²) >= 11 is 0. The summed E-state index contributed by atoms with van der Waals surface area (Å²) in [4.78, 5) is 15.0. The molecule has 3 aromatic rings. The van der Waals surface area contributed by atoms with Gasteiger partial charge in [0.05, 0.1) is 18.1 Å². The Morgan fingerprint density at radius 1 is 1.15 bits per heavy atom. The van der Waals surface area contributed by atoms with Crippen molar-refractivity contribution in [3.8, 4) is 17.0 Å². The Labute approximate surface area is 149 Å². The topological polar surface area (TPSA) is 110 Å². The van der Waals surface area contributed by atoms with Crippen molar-refractivity contribution in [2.45, 2.75) is 0 Å². The fraction of sp³-hybridized carbons (Fsp3) is 0.0556. The van der Waals surface area contributed by atoms with Crippen LogP contribution in [0.15, 0.2) is 65.9 Å². The second kappa shape index (κ2) is 8.34. The van der Waals surface area contributed by atoms with E-state index in [4.69, 9.17) is 9.84 Å². The Morgan fingerprint density at radius 3 is 2.73 bits per heavy atom. The van der Waals surface area contributed by atoms with Gasteiger partial charge in [-0.15, -0.1) is 5.10 Å². The van der Waals surface area contributed by atoms with E-state index in [1.54, 1.807) is 30.5 Å². The number of hydrazone groups is 1. The number of aliphatic carboxylic acids is 1. The van der Waals surface area contributed by atoms with Gasteiger partial charge in [-0.1, -0.05) is 42.5 Å². The molecule has 0 bridgehead atoms. The number of para-hydroxylation sites is 1.